The van der Waals surface area contributed by atoms with Gasteiger partial charge in [-0.15, -0.1) is 5.10 Å². The Morgan fingerprint density at radius 2 is 2.19 bits per heavy atom. The third-order valence-electron chi connectivity index (χ3n) is 4.50. The fourth-order valence-corrected chi connectivity index (χ4v) is 3.84. The smallest absolute Gasteiger partial charge is 0.359 e. The molecule has 7 nitrogen and oxygen atoms in total. The molecule has 0 aliphatic heterocycles. The molecule has 1 aromatic carbocycles. The minimum Gasteiger partial charge on any atom is -0.496 e. The van der Waals surface area contributed by atoms with Gasteiger partial charge in [-0.3, -0.25) is 0 Å². The fraction of sp³-hybridized carbons (Fsp3) is 0.263. The number of halogens is 1. The van der Waals surface area contributed by atoms with Gasteiger partial charge in [-0.1, -0.05) is 0 Å². The Morgan fingerprint density at radius 3 is 2.89 bits per heavy atom. The summed E-state index contributed by atoms with van der Waals surface area (Å²) in [4.78, 5) is 12.5. The van der Waals surface area contributed by atoms with Crippen LogP contribution in [-0.2, 0) is 17.6 Å². The van der Waals surface area contributed by atoms with Gasteiger partial charge in [0, 0.05) is 17.3 Å². The molecule has 0 saturated heterocycles. The zero-order valence-corrected chi connectivity index (χ0v) is 16.5. The first-order valence-electron chi connectivity index (χ1n) is 8.58. The van der Waals surface area contributed by atoms with E-state index in [4.69, 9.17) is 9.47 Å². The highest BCUT2D eigenvalue weighted by atomic mass is 79.9. The van der Waals surface area contributed by atoms with E-state index in [2.05, 4.69) is 31.2 Å². The van der Waals surface area contributed by atoms with Crippen molar-refractivity contribution in [2.45, 2.75) is 19.8 Å². The minimum absolute atomic E-state index is 0.297. The summed E-state index contributed by atoms with van der Waals surface area (Å²) in [5, 5.41) is 12.7. The van der Waals surface area contributed by atoms with E-state index in [1.807, 2.05) is 18.2 Å². The SMILES string of the molecule is CCOC(=O)c1nn(-c2cccnn2)c2c1CCc1cc(OC)c(Br)cc1-2. The van der Waals surface area contributed by atoms with E-state index in [9.17, 15) is 4.79 Å². The number of fused-ring (bicyclic) bond motifs is 3. The summed E-state index contributed by atoms with van der Waals surface area (Å²) in [6.45, 7) is 2.08. The third-order valence-corrected chi connectivity index (χ3v) is 5.12. The van der Waals surface area contributed by atoms with Gasteiger partial charge in [-0.2, -0.15) is 10.2 Å². The first-order valence-corrected chi connectivity index (χ1v) is 9.37. The number of nitrogens with zero attached hydrogens (tertiary/aromatic N) is 4. The largest absolute Gasteiger partial charge is 0.496 e. The molecule has 8 heteroatoms. The molecule has 0 amide bonds. The molecule has 0 saturated carbocycles. The van der Waals surface area contributed by atoms with E-state index in [0.29, 0.717) is 24.5 Å². The first kappa shape index (κ1) is 17.7. The van der Waals surface area contributed by atoms with Gasteiger partial charge in [0.25, 0.3) is 0 Å². The number of methoxy groups -OCH3 is 1. The molecule has 0 radical (unpaired) electrons. The van der Waals surface area contributed by atoms with E-state index in [1.165, 1.54) is 0 Å². The number of rotatable bonds is 4. The van der Waals surface area contributed by atoms with Crippen LogP contribution in [0.4, 0.5) is 0 Å². The van der Waals surface area contributed by atoms with Crippen LogP contribution in [-0.4, -0.2) is 39.7 Å². The van der Waals surface area contributed by atoms with Crippen molar-refractivity contribution in [1.82, 2.24) is 20.0 Å². The van der Waals surface area contributed by atoms with Crippen LogP contribution in [0.5, 0.6) is 5.75 Å². The third kappa shape index (κ3) is 2.99. The maximum atomic E-state index is 12.5. The number of hydrogen-bond acceptors (Lipinski definition) is 6. The summed E-state index contributed by atoms with van der Waals surface area (Å²) >= 11 is 3.55. The number of aryl methyl sites for hydroxylation is 1. The number of carbonyl (C=O) groups excluding carboxylic acids is 1. The number of esters is 1. The Hall–Kier alpha value is -2.74. The van der Waals surface area contributed by atoms with Crippen LogP contribution in [0.15, 0.2) is 34.9 Å². The van der Waals surface area contributed by atoms with Crippen molar-refractivity contribution in [2.75, 3.05) is 13.7 Å². The predicted octanol–water partition coefficient (Wildman–Crippen LogP) is 3.38. The predicted molar refractivity (Wildman–Crippen MR) is 102 cm³/mol. The number of benzene rings is 1. The summed E-state index contributed by atoms with van der Waals surface area (Å²) in [7, 11) is 1.64. The maximum absolute atomic E-state index is 12.5. The molecule has 0 unspecified atom stereocenters. The summed E-state index contributed by atoms with van der Waals surface area (Å²) in [6, 6.07) is 7.60. The lowest BCUT2D eigenvalue weighted by atomic mass is 9.88. The maximum Gasteiger partial charge on any atom is 0.359 e. The molecule has 0 atom stereocenters. The van der Waals surface area contributed by atoms with E-state index in [-0.39, 0.29) is 0 Å². The lowest BCUT2D eigenvalue weighted by molar-refractivity contribution is 0.0517. The van der Waals surface area contributed by atoms with Crippen LogP contribution in [0.25, 0.3) is 17.1 Å². The van der Waals surface area contributed by atoms with Crippen molar-refractivity contribution in [3.63, 3.8) is 0 Å². The summed E-state index contributed by atoms with van der Waals surface area (Å²) in [5.41, 5.74) is 4.14. The molecule has 1 aliphatic carbocycles. The van der Waals surface area contributed by atoms with Crippen LogP contribution in [0, 0.1) is 0 Å². The van der Waals surface area contributed by atoms with Gasteiger partial charge in [0.2, 0.25) is 0 Å². The van der Waals surface area contributed by atoms with E-state index < -0.39 is 5.97 Å². The van der Waals surface area contributed by atoms with E-state index in [1.54, 1.807) is 31.0 Å². The van der Waals surface area contributed by atoms with Gasteiger partial charge in [-0.25, -0.2) is 9.48 Å². The lowest BCUT2D eigenvalue weighted by Gasteiger charge is -2.20. The highest BCUT2D eigenvalue weighted by Gasteiger charge is 2.30. The van der Waals surface area contributed by atoms with Crippen LogP contribution in [0.1, 0.15) is 28.5 Å². The monoisotopic (exact) mass is 428 g/mol. The average molecular weight is 429 g/mol. The average Bonchev–Trinajstić information content (AvgIpc) is 3.08. The quantitative estimate of drug-likeness (QED) is 0.592. The van der Waals surface area contributed by atoms with Crippen LogP contribution >= 0.6 is 15.9 Å². The van der Waals surface area contributed by atoms with Gasteiger partial charge >= 0.3 is 5.97 Å². The molecule has 2 heterocycles. The van der Waals surface area contributed by atoms with Gasteiger partial charge in [0.1, 0.15) is 5.75 Å². The van der Waals surface area contributed by atoms with E-state index in [0.717, 1.165) is 39.0 Å². The van der Waals surface area contributed by atoms with Crippen molar-refractivity contribution in [3.8, 4) is 22.8 Å². The fourth-order valence-electron chi connectivity index (χ4n) is 3.34. The lowest BCUT2D eigenvalue weighted by Crippen LogP contribution is -2.11. The molecule has 4 rings (SSSR count). The van der Waals surface area contributed by atoms with Crippen molar-refractivity contribution in [2.24, 2.45) is 0 Å². The highest BCUT2D eigenvalue weighted by molar-refractivity contribution is 9.10. The van der Waals surface area contributed by atoms with Crippen molar-refractivity contribution in [3.05, 3.63) is 51.8 Å². The number of carbonyl (C=O) groups is 1. The topological polar surface area (TPSA) is 79.1 Å². The minimum atomic E-state index is -0.424. The van der Waals surface area contributed by atoms with Crippen molar-refractivity contribution >= 4 is 21.9 Å². The molecule has 27 heavy (non-hydrogen) atoms. The Kier molecular flexibility index (Phi) is 4.65. The second-order valence-corrected chi connectivity index (χ2v) is 6.89. The summed E-state index contributed by atoms with van der Waals surface area (Å²) < 4.78 is 13.1. The van der Waals surface area contributed by atoms with Crippen LogP contribution in [0.2, 0.25) is 0 Å². The molecule has 1 aliphatic rings. The molecule has 3 aromatic rings. The number of hydrogen-bond donors (Lipinski definition) is 0. The zero-order chi connectivity index (χ0) is 19.0. The summed E-state index contributed by atoms with van der Waals surface area (Å²) in [5.74, 6) is 0.893. The molecule has 0 bridgehead atoms. The normalized spacial score (nSPS) is 12.3. The van der Waals surface area contributed by atoms with E-state index >= 15 is 0 Å². The first-order chi connectivity index (χ1) is 13.1. The van der Waals surface area contributed by atoms with Gasteiger partial charge in [0.05, 0.1) is 23.9 Å². The molecular weight excluding hydrogens is 412 g/mol. The second kappa shape index (κ2) is 7.11. The number of aromatic nitrogens is 4. The van der Waals surface area contributed by atoms with Crippen LogP contribution < -0.4 is 4.74 Å². The summed E-state index contributed by atoms with van der Waals surface area (Å²) in [6.07, 6.45) is 3.06. The number of ether oxygens (including phenoxy) is 2. The molecule has 2 aromatic heterocycles. The Bertz CT molecular complexity index is 1020. The Labute approximate surface area is 164 Å². The van der Waals surface area contributed by atoms with Gasteiger partial charge in [-0.05, 0) is 65.5 Å². The van der Waals surface area contributed by atoms with Gasteiger partial charge in [0.15, 0.2) is 11.5 Å². The Morgan fingerprint density at radius 1 is 1.33 bits per heavy atom. The van der Waals surface area contributed by atoms with Crippen molar-refractivity contribution < 1.29 is 14.3 Å². The van der Waals surface area contributed by atoms with Crippen molar-refractivity contribution in [1.29, 1.82) is 0 Å². The zero-order valence-electron chi connectivity index (χ0n) is 14.9. The highest BCUT2D eigenvalue weighted by Crippen LogP contribution is 2.41. The molecular formula is C19H17BrN4O3. The Balaban J connectivity index is 1.97. The van der Waals surface area contributed by atoms with Crippen LogP contribution in [0.3, 0.4) is 0 Å². The molecule has 0 fully saturated rings. The molecule has 0 N–H and O–H groups in total. The molecule has 138 valence electrons. The molecule has 0 spiro atoms. The second-order valence-electron chi connectivity index (χ2n) is 6.03. The standard InChI is InChI=1S/C19H17BrN4O3/c1-3-27-19(25)17-12-7-6-11-9-15(26-2)14(20)10-13(11)18(12)24(23-17)16-5-4-8-21-22-16/h4-5,8-10H,3,6-7H2,1-2H3. The van der Waals surface area contributed by atoms with Gasteiger partial charge < -0.3 is 9.47 Å².